The lowest BCUT2D eigenvalue weighted by Crippen LogP contribution is -2.22. The Hall–Kier alpha value is -1.16. The van der Waals surface area contributed by atoms with Crippen molar-refractivity contribution in [2.24, 2.45) is 0 Å². The number of nitrogen functional groups attached to an aromatic ring is 1. The number of nitrogens with two attached hydrogens (primary N) is 1. The van der Waals surface area contributed by atoms with Crippen LogP contribution in [0.5, 0.6) is 0 Å². The molecule has 16 heavy (non-hydrogen) atoms. The molecular formula is C12H18FN3. The van der Waals surface area contributed by atoms with Crippen molar-refractivity contribution in [3.63, 3.8) is 0 Å². The molecule has 0 aromatic carbocycles. The molecule has 1 aromatic heterocycles. The van der Waals surface area contributed by atoms with Crippen LogP contribution in [-0.4, -0.2) is 36.2 Å². The van der Waals surface area contributed by atoms with E-state index < -0.39 is 0 Å². The topological polar surface area (TPSA) is 42.1 Å². The Balaban J connectivity index is 1.96. The zero-order valence-electron chi connectivity index (χ0n) is 9.40. The van der Waals surface area contributed by atoms with Gasteiger partial charge in [0.15, 0.2) is 0 Å². The van der Waals surface area contributed by atoms with Crippen LogP contribution in [0, 0.1) is 0 Å². The molecule has 88 valence electrons. The summed E-state index contributed by atoms with van der Waals surface area (Å²) in [5.74, 6) is 1.10. The quantitative estimate of drug-likeness (QED) is 0.846. The highest BCUT2D eigenvalue weighted by Crippen LogP contribution is 2.29. The van der Waals surface area contributed by atoms with E-state index in [4.69, 9.17) is 5.73 Å². The first-order chi connectivity index (χ1) is 7.81. The molecule has 1 aromatic rings. The van der Waals surface area contributed by atoms with Crippen molar-refractivity contribution in [2.75, 3.05) is 32.0 Å². The molecule has 0 spiro atoms. The van der Waals surface area contributed by atoms with Gasteiger partial charge in [-0.1, -0.05) is 6.07 Å². The van der Waals surface area contributed by atoms with Gasteiger partial charge in [0.2, 0.25) is 0 Å². The molecule has 0 bridgehead atoms. The molecule has 0 radical (unpaired) electrons. The second kappa shape index (κ2) is 5.25. The van der Waals surface area contributed by atoms with E-state index in [-0.39, 0.29) is 6.67 Å². The number of halogens is 1. The van der Waals surface area contributed by atoms with Gasteiger partial charge in [-0.05, 0) is 31.0 Å². The number of hydrogen-bond acceptors (Lipinski definition) is 3. The minimum Gasteiger partial charge on any atom is -0.383 e. The average Bonchev–Trinajstić information content (AvgIpc) is 2.75. The summed E-state index contributed by atoms with van der Waals surface area (Å²) in [7, 11) is 0. The first-order valence-corrected chi connectivity index (χ1v) is 5.80. The van der Waals surface area contributed by atoms with Crippen molar-refractivity contribution in [3.05, 3.63) is 23.9 Å². The van der Waals surface area contributed by atoms with Crippen LogP contribution in [0.2, 0.25) is 0 Å². The van der Waals surface area contributed by atoms with E-state index in [1.807, 2.05) is 12.1 Å². The van der Waals surface area contributed by atoms with Gasteiger partial charge in [0, 0.05) is 25.2 Å². The van der Waals surface area contributed by atoms with E-state index in [1.165, 1.54) is 0 Å². The fourth-order valence-electron chi connectivity index (χ4n) is 2.35. The molecule has 1 atom stereocenters. The van der Waals surface area contributed by atoms with Gasteiger partial charge in [0.1, 0.15) is 5.82 Å². The first-order valence-electron chi connectivity index (χ1n) is 5.80. The molecular weight excluding hydrogens is 205 g/mol. The van der Waals surface area contributed by atoms with Crippen molar-refractivity contribution in [1.82, 2.24) is 9.88 Å². The van der Waals surface area contributed by atoms with E-state index >= 15 is 0 Å². The van der Waals surface area contributed by atoms with Gasteiger partial charge in [0.05, 0.1) is 6.67 Å². The van der Waals surface area contributed by atoms with Crippen LogP contribution in [-0.2, 0) is 0 Å². The van der Waals surface area contributed by atoms with Crippen LogP contribution in [0.15, 0.2) is 18.3 Å². The lowest BCUT2D eigenvalue weighted by Gasteiger charge is -2.15. The largest absolute Gasteiger partial charge is 0.383 e. The summed E-state index contributed by atoms with van der Waals surface area (Å²) in [6.45, 7) is 2.65. The smallest absolute Gasteiger partial charge is 0.126 e. The Morgan fingerprint density at radius 1 is 1.56 bits per heavy atom. The van der Waals surface area contributed by atoms with E-state index in [0.717, 1.165) is 31.6 Å². The number of nitrogens with zero attached hydrogens (tertiary/aromatic N) is 2. The lowest BCUT2D eigenvalue weighted by atomic mass is 9.99. The van der Waals surface area contributed by atoms with Gasteiger partial charge in [-0.2, -0.15) is 0 Å². The van der Waals surface area contributed by atoms with E-state index in [1.54, 1.807) is 6.20 Å². The number of rotatable bonds is 4. The standard InChI is InChI=1S/C12H18FN3/c13-5-2-7-16-8-4-10(9-16)11-3-1-6-15-12(11)14/h1,3,6,10H,2,4-5,7-9H2,(H2,14,15)/t10-/m1/s1. The van der Waals surface area contributed by atoms with Crippen LogP contribution < -0.4 is 5.73 Å². The molecule has 0 unspecified atom stereocenters. The molecule has 2 N–H and O–H groups in total. The summed E-state index contributed by atoms with van der Waals surface area (Å²) in [6.07, 6.45) is 3.45. The highest BCUT2D eigenvalue weighted by atomic mass is 19.1. The summed E-state index contributed by atoms with van der Waals surface area (Å²) < 4.78 is 12.1. The molecule has 4 heteroatoms. The molecule has 0 saturated carbocycles. The van der Waals surface area contributed by atoms with Gasteiger partial charge in [0.25, 0.3) is 0 Å². The van der Waals surface area contributed by atoms with Gasteiger partial charge < -0.3 is 10.6 Å². The zero-order valence-corrected chi connectivity index (χ0v) is 9.40. The number of hydrogen-bond donors (Lipinski definition) is 1. The maximum atomic E-state index is 12.1. The van der Waals surface area contributed by atoms with Crippen LogP contribution in [0.3, 0.4) is 0 Å². The van der Waals surface area contributed by atoms with Gasteiger partial charge in [-0.15, -0.1) is 0 Å². The Morgan fingerprint density at radius 3 is 3.19 bits per heavy atom. The summed E-state index contributed by atoms with van der Waals surface area (Å²) in [5.41, 5.74) is 7.00. The predicted octanol–water partition coefficient (Wildman–Crippen LogP) is 1.81. The molecule has 1 aliphatic rings. The third-order valence-electron chi connectivity index (χ3n) is 3.19. The Bertz CT molecular complexity index is 343. The van der Waals surface area contributed by atoms with E-state index in [9.17, 15) is 4.39 Å². The fraction of sp³-hybridized carbons (Fsp3) is 0.583. The summed E-state index contributed by atoms with van der Waals surface area (Å²) in [5, 5.41) is 0. The van der Waals surface area contributed by atoms with Crippen molar-refractivity contribution in [1.29, 1.82) is 0 Å². The second-order valence-electron chi connectivity index (χ2n) is 4.31. The monoisotopic (exact) mass is 223 g/mol. The highest BCUT2D eigenvalue weighted by molar-refractivity contribution is 5.41. The molecule has 1 aliphatic heterocycles. The minimum atomic E-state index is -0.226. The Labute approximate surface area is 95.5 Å². The Morgan fingerprint density at radius 2 is 2.44 bits per heavy atom. The third kappa shape index (κ3) is 2.50. The average molecular weight is 223 g/mol. The highest BCUT2D eigenvalue weighted by Gasteiger charge is 2.24. The fourth-order valence-corrected chi connectivity index (χ4v) is 2.35. The van der Waals surface area contributed by atoms with Crippen LogP contribution >= 0.6 is 0 Å². The van der Waals surface area contributed by atoms with Crippen LogP contribution in [0.1, 0.15) is 24.3 Å². The maximum absolute atomic E-state index is 12.1. The molecule has 3 nitrogen and oxygen atoms in total. The van der Waals surface area contributed by atoms with E-state index in [2.05, 4.69) is 9.88 Å². The zero-order chi connectivity index (χ0) is 11.4. The molecule has 0 amide bonds. The van der Waals surface area contributed by atoms with Crippen molar-refractivity contribution in [2.45, 2.75) is 18.8 Å². The first kappa shape index (κ1) is 11.3. The number of alkyl halides is 1. The van der Waals surface area contributed by atoms with Crippen molar-refractivity contribution < 1.29 is 4.39 Å². The van der Waals surface area contributed by atoms with Crippen LogP contribution in [0.4, 0.5) is 10.2 Å². The number of pyridine rings is 1. The van der Waals surface area contributed by atoms with Gasteiger partial charge >= 0.3 is 0 Å². The molecule has 0 aliphatic carbocycles. The SMILES string of the molecule is Nc1ncccc1[C@@H]1CCN(CCCF)C1. The molecule has 1 fully saturated rings. The minimum absolute atomic E-state index is 0.226. The normalized spacial score (nSPS) is 21.4. The van der Waals surface area contributed by atoms with Gasteiger partial charge in [-0.25, -0.2) is 4.98 Å². The van der Waals surface area contributed by atoms with Crippen molar-refractivity contribution >= 4 is 5.82 Å². The molecule has 2 rings (SSSR count). The number of likely N-dealkylation sites (tertiary alicyclic amines) is 1. The van der Waals surface area contributed by atoms with E-state index in [0.29, 0.717) is 18.2 Å². The maximum Gasteiger partial charge on any atom is 0.126 e. The van der Waals surface area contributed by atoms with Gasteiger partial charge in [-0.3, -0.25) is 4.39 Å². The Kier molecular flexibility index (Phi) is 3.72. The third-order valence-corrected chi connectivity index (χ3v) is 3.19. The summed E-state index contributed by atoms with van der Waals surface area (Å²) in [4.78, 5) is 6.41. The number of anilines is 1. The number of aromatic nitrogens is 1. The lowest BCUT2D eigenvalue weighted by molar-refractivity contribution is 0.309. The second-order valence-corrected chi connectivity index (χ2v) is 4.31. The van der Waals surface area contributed by atoms with Crippen molar-refractivity contribution in [3.8, 4) is 0 Å². The predicted molar refractivity (Wildman–Crippen MR) is 63.0 cm³/mol. The molecule has 1 saturated heterocycles. The summed E-state index contributed by atoms with van der Waals surface area (Å²) >= 11 is 0. The molecule has 2 heterocycles. The summed E-state index contributed by atoms with van der Waals surface area (Å²) in [6, 6.07) is 3.97. The van der Waals surface area contributed by atoms with Crippen LogP contribution in [0.25, 0.3) is 0 Å².